The number of carbonyl (C=O) groups is 1. The standard InChI is InChI=1S/C25H28N4O4S/c1-4-25(15-33-16-25)14-18(24(30)26-23-11-12-28(2)27-23)17-9-10-22-20(13-17)29(3)19-7-5-6-8-21(19)34(22,31)32/h5-13,18H,4,14-16H2,1-3H3,(H,26,27,30). The number of aromatic nitrogens is 2. The number of ether oxygens (including phenoxy) is 1. The molecule has 0 spiro atoms. The fourth-order valence-electron chi connectivity index (χ4n) is 4.80. The van der Waals surface area contributed by atoms with Gasteiger partial charge in [0.1, 0.15) is 0 Å². The molecule has 1 fully saturated rings. The quantitative estimate of drug-likeness (QED) is 0.576. The molecular weight excluding hydrogens is 452 g/mol. The van der Waals surface area contributed by atoms with Crippen LogP contribution >= 0.6 is 0 Å². The van der Waals surface area contributed by atoms with Gasteiger partial charge in [-0.25, -0.2) is 8.42 Å². The summed E-state index contributed by atoms with van der Waals surface area (Å²) in [5, 5.41) is 7.21. The number of anilines is 3. The van der Waals surface area contributed by atoms with E-state index in [0.29, 0.717) is 41.7 Å². The molecule has 0 radical (unpaired) electrons. The molecule has 3 aromatic rings. The van der Waals surface area contributed by atoms with E-state index in [0.717, 1.165) is 12.0 Å². The third-order valence-corrected chi connectivity index (χ3v) is 8.89. The van der Waals surface area contributed by atoms with E-state index in [4.69, 9.17) is 4.74 Å². The second-order valence-corrected chi connectivity index (χ2v) is 11.1. The van der Waals surface area contributed by atoms with Crippen molar-refractivity contribution in [2.24, 2.45) is 12.5 Å². The Kier molecular flexibility index (Phi) is 5.49. The number of hydrogen-bond donors (Lipinski definition) is 1. The molecule has 8 nitrogen and oxygen atoms in total. The lowest BCUT2D eigenvalue weighted by molar-refractivity contribution is -0.132. The molecule has 2 aromatic carbocycles. The fourth-order valence-corrected chi connectivity index (χ4v) is 6.49. The van der Waals surface area contributed by atoms with Crippen molar-refractivity contribution in [2.75, 3.05) is 30.5 Å². The first kappa shape index (κ1) is 22.6. The van der Waals surface area contributed by atoms with Gasteiger partial charge in [-0.1, -0.05) is 25.1 Å². The van der Waals surface area contributed by atoms with E-state index >= 15 is 0 Å². The predicted molar refractivity (Wildman–Crippen MR) is 129 cm³/mol. The first-order chi connectivity index (χ1) is 16.2. The van der Waals surface area contributed by atoms with Crippen molar-refractivity contribution in [1.82, 2.24) is 9.78 Å². The third kappa shape index (κ3) is 3.69. The number of para-hydroxylation sites is 1. The lowest BCUT2D eigenvalue weighted by Gasteiger charge is -2.43. The van der Waals surface area contributed by atoms with E-state index in [-0.39, 0.29) is 16.2 Å². The lowest BCUT2D eigenvalue weighted by Crippen LogP contribution is -2.44. The topological polar surface area (TPSA) is 93.5 Å². The highest BCUT2D eigenvalue weighted by Crippen LogP contribution is 2.46. The van der Waals surface area contributed by atoms with Gasteiger partial charge in [-0.05, 0) is 42.7 Å². The van der Waals surface area contributed by atoms with E-state index < -0.39 is 15.8 Å². The van der Waals surface area contributed by atoms with Crippen LogP contribution in [-0.2, 0) is 26.4 Å². The molecule has 1 N–H and O–H groups in total. The highest BCUT2D eigenvalue weighted by molar-refractivity contribution is 7.92. The van der Waals surface area contributed by atoms with E-state index in [1.165, 1.54) is 0 Å². The summed E-state index contributed by atoms with van der Waals surface area (Å²) in [6, 6.07) is 14.0. The Balaban J connectivity index is 1.56. The van der Waals surface area contributed by atoms with E-state index in [1.54, 1.807) is 54.3 Å². The van der Waals surface area contributed by atoms with Crippen molar-refractivity contribution >= 4 is 32.9 Å². The largest absolute Gasteiger partial charge is 0.380 e. The van der Waals surface area contributed by atoms with Gasteiger partial charge in [0, 0.05) is 31.8 Å². The zero-order valence-corrected chi connectivity index (χ0v) is 20.3. The van der Waals surface area contributed by atoms with Crippen molar-refractivity contribution < 1.29 is 17.9 Å². The molecule has 1 unspecified atom stereocenters. The monoisotopic (exact) mass is 480 g/mol. The molecule has 178 valence electrons. The number of nitrogens with one attached hydrogen (secondary N) is 1. The Morgan fingerprint density at radius 1 is 1.12 bits per heavy atom. The summed E-state index contributed by atoms with van der Waals surface area (Å²) in [6.45, 7) is 3.34. The molecule has 1 saturated heterocycles. The van der Waals surface area contributed by atoms with Gasteiger partial charge < -0.3 is 15.0 Å². The summed E-state index contributed by atoms with van der Waals surface area (Å²) in [5.74, 6) is -0.163. The van der Waals surface area contributed by atoms with Crippen LogP contribution in [-0.4, -0.2) is 44.4 Å². The van der Waals surface area contributed by atoms with Crippen molar-refractivity contribution in [1.29, 1.82) is 0 Å². The number of fused-ring (bicyclic) bond motifs is 2. The van der Waals surface area contributed by atoms with Crippen LogP contribution in [0.2, 0.25) is 0 Å². The Labute approximate surface area is 199 Å². The van der Waals surface area contributed by atoms with Gasteiger partial charge in [-0.3, -0.25) is 9.48 Å². The maximum absolute atomic E-state index is 13.5. The molecule has 34 heavy (non-hydrogen) atoms. The van der Waals surface area contributed by atoms with Crippen LogP contribution in [0.1, 0.15) is 31.2 Å². The molecule has 0 saturated carbocycles. The third-order valence-electron chi connectivity index (χ3n) is 7.04. The molecule has 9 heteroatoms. The summed E-state index contributed by atoms with van der Waals surface area (Å²) >= 11 is 0. The normalized spacial score (nSPS) is 18.4. The number of rotatable bonds is 6. The highest BCUT2D eigenvalue weighted by Gasteiger charge is 2.42. The average Bonchev–Trinajstić information content (AvgIpc) is 3.21. The summed E-state index contributed by atoms with van der Waals surface area (Å²) < 4.78 is 33.7. The van der Waals surface area contributed by atoms with Crippen LogP contribution in [0, 0.1) is 5.41 Å². The van der Waals surface area contributed by atoms with Gasteiger partial charge in [-0.15, -0.1) is 0 Å². The van der Waals surface area contributed by atoms with Crippen molar-refractivity contribution in [3.05, 3.63) is 60.3 Å². The predicted octanol–water partition coefficient (Wildman–Crippen LogP) is 3.87. The van der Waals surface area contributed by atoms with Crippen LogP contribution in [0.4, 0.5) is 17.2 Å². The minimum atomic E-state index is -3.65. The molecule has 2 aliphatic rings. The molecule has 5 rings (SSSR count). The maximum atomic E-state index is 13.5. The average molecular weight is 481 g/mol. The first-order valence-corrected chi connectivity index (χ1v) is 12.8. The van der Waals surface area contributed by atoms with Crippen molar-refractivity contribution in [3.63, 3.8) is 0 Å². The summed E-state index contributed by atoms with van der Waals surface area (Å²) in [4.78, 5) is 15.9. The van der Waals surface area contributed by atoms with Crippen LogP contribution in [0.25, 0.3) is 0 Å². The smallest absolute Gasteiger partial charge is 0.233 e. The van der Waals surface area contributed by atoms with E-state index in [2.05, 4.69) is 17.3 Å². The van der Waals surface area contributed by atoms with Gasteiger partial charge in [0.25, 0.3) is 0 Å². The van der Waals surface area contributed by atoms with Crippen LogP contribution in [0.15, 0.2) is 64.5 Å². The molecule has 1 amide bonds. The van der Waals surface area contributed by atoms with E-state index in [1.807, 2.05) is 24.1 Å². The zero-order valence-electron chi connectivity index (χ0n) is 19.5. The lowest BCUT2D eigenvalue weighted by atomic mass is 9.73. The minimum Gasteiger partial charge on any atom is -0.380 e. The molecule has 2 aliphatic heterocycles. The van der Waals surface area contributed by atoms with E-state index in [9.17, 15) is 13.2 Å². The van der Waals surface area contributed by atoms with Gasteiger partial charge in [-0.2, -0.15) is 5.10 Å². The zero-order chi connectivity index (χ0) is 24.1. The van der Waals surface area contributed by atoms with Crippen LogP contribution < -0.4 is 10.2 Å². The summed E-state index contributed by atoms with van der Waals surface area (Å²) in [7, 11) is -0.00330. The van der Waals surface area contributed by atoms with Gasteiger partial charge in [0.15, 0.2) is 5.82 Å². The summed E-state index contributed by atoms with van der Waals surface area (Å²) in [5.41, 5.74) is 1.89. The summed E-state index contributed by atoms with van der Waals surface area (Å²) in [6.07, 6.45) is 3.27. The maximum Gasteiger partial charge on any atom is 0.233 e. The Bertz CT molecular complexity index is 1360. The second kappa shape index (κ2) is 8.25. The van der Waals surface area contributed by atoms with Crippen molar-refractivity contribution in [3.8, 4) is 0 Å². The number of sulfone groups is 1. The van der Waals surface area contributed by atoms with Crippen LogP contribution in [0.3, 0.4) is 0 Å². The minimum absolute atomic E-state index is 0.0768. The molecule has 0 aliphatic carbocycles. The Hall–Kier alpha value is -3.17. The number of aryl methyl sites for hydroxylation is 1. The van der Waals surface area contributed by atoms with Crippen molar-refractivity contribution in [2.45, 2.75) is 35.5 Å². The number of carbonyl (C=O) groups excluding carboxylic acids is 1. The number of hydrogen-bond acceptors (Lipinski definition) is 6. The Morgan fingerprint density at radius 3 is 2.50 bits per heavy atom. The SMILES string of the molecule is CCC1(CC(C(=O)Nc2ccn(C)n2)c2ccc3c(c2)N(C)c2ccccc2S3(=O)=O)COC1. The molecular formula is C25H28N4O4S. The Morgan fingerprint density at radius 2 is 1.85 bits per heavy atom. The molecule has 1 aromatic heterocycles. The second-order valence-electron chi connectivity index (χ2n) is 9.22. The van der Waals surface area contributed by atoms with Gasteiger partial charge in [0.05, 0.1) is 40.3 Å². The van der Waals surface area contributed by atoms with Gasteiger partial charge >= 0.3 is 0 Å². The van der Waals surface area contributed by atoms with Crippen LogP contribution in [0.5, 0.6) is 0 Å². The van der Waals surface area contributed by atoms with Gasteiger partial charge in [0.2, 0.25) is 15.7 Å². The molecule has 3 heterocycles. The number of nitrogens with zero attached hydrogens (tertiary/aromatic N) is 3. The fraction of sp³-hybridized carbons (Fsp3) is 0.360. The molecule has 1 atom stereocenters. The highest BCUT2D eigenvalue weighted by atomic mass is 32.2. The molecule has 0 bridgehead atoms. The first-order valence-electron chi connectivity index (χ1n) is 11.3. The number of amides is 1. The number of benzene rings is 2.